The molecule has 4 rings (SSSR count). The number of halogens is 1. The summed E-state index contributed by atoms with van der Waals surface area (Å²) in [6.45, 7) is 5.15. The summed E-state index contributed by atoms with van der Waals surface area (Å²) in [5.74, 6) is -0.107. The molecule has 3 aromatic rings. The smallest absolute Gasteiger partial charge is 0.275 e. The first-order valence-electron chi connectivity index (χ1n) is 11.6. The van der Waals surface area contributed by atoms with Crippen LogP contribution in [0.5, 0.6) is 0 Å². The second-order valence-electron chi connectivity index (χ2n) is 8.41. The Labute approximate surface area is 203 Å². The number of aromatic nitrogens is 1. The minimum Gasteiger partial charge on any atom is -0.343 e. The molecule has 1 aliphatic heterocycles. The average Bonchev–Trinajstić information content (AvgIpc) is 3.36. The molecule has 1 N–H and O–H groups in total. The lowest BCUT2D eigenvalue weighted by Gasteiger charge is -2.31. The molecule has 0 spiro atoms. The number of anilines is 1. The fourth-order valence-electron chi connectivity index (χ4n) is 4.17. The highest BCUT2D eigenvalue weighted by molar-refractivity contribution is 7.10. The summed E-state index contributed by atoms with van der Waals surface area (Å²) in [6, 6.07) is 13.6. The van der Waals surface area contributed by atoms with Crippen molar-refractivity contribution in [3.63, 3.8) is 0 Å². The molecule has 1 aliphatic rings. The molecule has 2 amide bonds. The van der Waals surface area contributed by atoms with Gasteiger partial charge in [-0.15, -0.1) is 17.9 Å². The molecule has 5 nitrogen and oxygen atoms in total. The Morgan fingerprint density at radius 2 is 1.88 bits per heavy atom. The highest BCUT2D eigenvalue weighted by atomic mass is 32.1. The van der Waals surface area contributed by atoms with Gasteiger partial charge in [0.25, 0.3) is 5.91 Å². The summed E-state index contributed by atoms with van der Waals surface area (Å²) in [7, 11) is 0. The normalized spacial score (nSPS) is 14.1. The number of carbonyl (C=O) groups excluding carboxylic acids is 2. The van der Waals surface area contributed by atoms with Crippen LogP contribution < -0.4 is 5.32 Å². The van der Waals surface area contributed by atoms with Crippen molar-refractivity contribution >= 4 is 28.8 Å². The van der Waals surface area contributed by atoms with Crippen LogP contribution in [0.15, 0.2) is 66.6 Å². The third-order valence-corrected chi connectivity index (χ3v) is 7.09. The number of piperidine rings is 1. The van der Waals surface area contributed by atoms with Gasteiger partial charge in [0.15, 0.2) is 0 Å². The Balaban J connectivity index is 1.37. The van der Waals surface area contributed by atoms with E-state index in [1.165, 1.54) is 23.5 Å². The highest BCUT2D eigenvalue weighted by Crippen LogP contribution is 2.32. The summed E-state index contributed by atoms with van der Waals surface area (Å²) in [4.78, 5) is 31.8. The minimum absolute atomic E-state index is 0.208. The Bertz CT molecular complexity index is 1150. The highest BCUT2D eigenvalue weighted by Gasteiger charge is 2.26. The summed E-state index contributed by atoms with van der Waals surface area (Å²) in [5.41, 5.74) is 2.67. The van der Waals surface area contributed by atoms with Gasteiger partial charge in [-0.2, -0.15) is 0 Å². The number of rotatable bonds is 8. The number of benzene rings is 2. The van der Waals surface area contributed by atoms with Crippen LogP contribution in [0.3, 0.4) is 0 Å². The van der Waals surface area contributed by atoms with E-state index in [4.69, 9.17) is 0 Å². The molecule has 0 aliphatic carbocycles. The molecule has 0 radical (unpaired) electrons. The van der Waals surface area contributed by atoms with E-state index >= 15 is 0 Å². The van der Waals surface area contributed by atoms with Crippen LogP contribution in [0.25, 0.3) is 11.1 Å². The Kier molecular flexibility index (Phi) is 7.85. The van der Waals surface area contributed by atoms with Crippen molar-refractivity contribution in [3.8, 4) is 11.1 Å². The standard InChI is InChI=1S/C27H28FN3O2S/c1-2-3-4-9-25(32)31-16-14-20(15-17-31)27-30-24(18-34-27)26(33)29-23-8-6-5-7-22(23)19-10-12-21(28)13-11-19/h2,5-8,10-13,18,20H,1,3-4,9,14-17H2,(H,29,33). The van der Waals surface area contributed by atoms with E-state index in [9.17, 15) is 14.0 Å². The van der Waals surface area contributed by atoms with Gasteiger partial charge in [-0.25, -0.2) is 9.37 Å². The van der Waals surface area contributed by atoms with E-state index in [1.54, 1.807) is 17.5 Å². The molecule has 1 fully saturated rings. The average molecular weight is 478 g/mol. The Morgan fingerprint density at radius 1 is 1.15 bits per heavy atom. The first-order chi connectivity index (χ1) is 16.5. The number of hydrogen-bond donors (Lipinski definition) is 1. The van der Waals surface area contributed by atoms with Crippen molar-refractivity contribution in [1.29, 1.82) is 0 Å². The lowest BCUT2D eigenvalue weighted by molar-refractivity contribution is -0.132. The quantitative estimate of drug-likeness (QED) is 0.307. The zero-order valence-corrected chi connectivity index (χ0v) is 19.8. The number of nitrogens with zero attached hydrogens (tertiary/aromatic N) is 2. The van der Waals surface area contributed by atoms with Crippen LogP contribution in [0.4, 0.5) is 10.1 Å². The molecule has 2 heterocycles. The predicted octanol–water partition coefficient (Wildman–Crippen LogP) is 6.26. The van der Waals surface area contributed by atoms with Gasteiger partial charge in [-0.3, -0.25) is 9.59 Å². The number of thiazole rings is 1. The molecule has 1 saturated heterocycles. The van der Waals surface area contributed by atoms with Crippen molar-refractivity contribution in [2.75, 3.05) is 18.4 Å². The number of para-hydroxylation sites is 1. The topological polar surface area (TPSA) is 62.3 Å². The third kappa shape index (κ3) is 5.78. The molecule has 0 atom stereocenters. The van der Waals surface area contributed by atoms with E-state index < -0.39 is 0 Å². The molecule has 1 aromatic heterocycles. The maximum Gasteiger partial charge on any atom is 0.275 e. The SMILES string of the molecule is C=CCCCC(=O)N1CCC(c2nc(C(=O)Nc3ccccc3-c3ccc(F)cc3)cs2)CC1. The molecule has 34 heavy (non-hydrogen) atoms. The van der Waals surface area contributed by atoms with Crippen molar-refractivity contribution in [1.82, 2.24) is 9.88 Å². The Hall–Kier alpha value is -3.32. The Morgan fingerprint density at radius 3 is 2.62 bits per heavy atom. The van der Waals surface area contributed by atoms with Gasteiger partial charge in [0.1, 0.15) is 11.5 Å². The molecule has 0 unspecified atom stereocenters. The number of likely N-dealkylation sites (tertiary alicyclic amines) is 1. The first kappa shape index (κ1) is 23.8. The molecule has 2 aromatic carbocycles. The number of allylic oxidation sites excluding steroid dienone is 1. The van der Waals surface area contributed by atoms with Gasteiger partial charge in [-0.05, 0) is 49.4 Å². The van der Waals surface area contributed by atoms with Crippen LogP contribution >= 0.6 is 11.3 Å². The van der Waals surface area contributed by atoms with Crippen molar-refractivity contribution < 1.29 is 14.0 Å². The van der Waals surface area contributed by atoms with E-state index in [0.29, 0.717) is 17.8 Å². The van der Waals surface area contributed by atoms with Gasteiger partial charge >= 0.3 is 0 Å². The number of unbranched alkanes of at least 4 members (excludes halogenated alkanes) is 1. The van der Waals surface area contributed by atoms with Gasteiger partial charge in [0.05, 0.1) is 5.01 Å². The lowest BCUT2D eigenvalue weighted by atomic mass is 9.97. The van der Waals surface area contributed by atoms with Crippen molar-refractivity contribution in [2.45, 2.75) is 38.0 Å². The van der Waals surface area contributed by atoms with Gasteiger partial charge in [0.2, 0.25) is 5.91 Å². The van der Waals surface area contributed by atoms with Gasteiger partial charge < -0.3 is 10.2 Å². The molecule has 0 bridgehead atoms. The molecule has 176 valence electrons. The van der Waals surface area contributed by atoms with Crippen LogP contribution in [0, 0.1) is 5.82 Å². The molecular weight excluding hydrogens is 449 g/mol. The van der Waals surface area contributed by atoms with E-state index in [1.807, 2.05) is 35.2 Å². The molecule has 0 saturated carbocycles. The largest absolute Gasteiger partial charge is 0.343 e. The molecule has 7 heteroatoms. The monoisotopic (exact) mass is 477 g/mol. The maximum absolute atomic E-state index is 13.3. The van der Waals surface area contributed by atoms with Crippen LogP contribution in [-0.4, -0.2) is 34.8 Å². The zero-order valence-electron chi connectivity index (χ0n) is 19.0. The van der Waals surface area contributed by atoms with E-state index in [0.717, 1.165) is 54.9 Å². The summed E-state index contributed by atoms with van der Waals surface area (Å²) < 4.78 is 13.3. The number of carbonyl (C=O) groups is 2. The number of hydrogen-bond acceptors (Lipinski definition) is 4. The van der Waals surface area contributed by atoms with Crippen LogP contribution in [0.1, 0.15) is 53.5 Å². The maximum atomic E-state index is 13.3. The minimum atomic E-state index is -0.303. The molecular formula is C27H28FN3O2S. The van der Waals surface area contributed by atoms with E-state index in [2.05, 4.69) is 16.9 Å². The number of nitrogens with one attached hydrogen (secondary N) is 1. The van der Waals surface area contributed by atoms with Gasteiger partial charge in [0, 0.05) is 42.1 Å². The van der Waals surface area contributed by atoms with Crippen LogP contribution in [-0.2, 0) is 4.79 Å². The predicted molar refractivity (Wildman–Crippen MR) is 135 cm³/mol. The third-order valence-electron chi connectivity index (χ3n) is 6.08. The van der Waals surface area contributed by atoms with Crippen molar-refractivity contribution in [3.05, 3.63) is 83.1 Å². The van der Waals surface area contributed by atoms with Crippen molar-refractivity contribution in [2.24, 2.45) is 0 Å². The summed E-state index contributed by atoms with van der Waals surface area (Å²) in [6.07, 6.45) is 5.83. The summed E-state index contributed by atoms with van der Waals surface area (Å²) >= 11 is 1.50. The second kappa shape index (κ2) is 11.2. The second-order valence-corrected chi connectivity index (χ2v) is 9.30. The fraction of sp³-hybridized carbons (Fsp3) is 0.296. The summed E-state index contributed by atoms with van der Waals surface area (Å²) in [5, 5.41) is 5.68. The zero-order chi connectivity index (χ0) is 23.9. The fourth-order valence-corrected chi connectivity index (χ4v) is 5.14. The lowest BCUT2D eigenvalue weighted by Crippen LogP contribution is -2.37. The number of amides is 2. The van der Waals surface area contributed by atoms with E-state index in [-0.39, 0.29) is 23.5 Å². The first-order valence-corrected chi connectivity index (χ1v) is 12.4. The van der Waals surface area contributed by atoms with Crippen LogP contribution in [0.2, 0.25) is 0 Å². The van der Waals surface area contributed by atoms with Gasteiger partial charge in [-0.1, -0.05) is 36.4 Å².